The van der Waals surface area contributed by atoms with Crippen molar-refractivity contribution in [1.29, 1.82) is 10.5 Å². The van der Waals surface area contributed by atoms with Crippen LogP contribution in [-0.4, -0.2) is 9.56 Å². The van der Waals surface area contributed by atoms with Gasteiger partial charge in [0, 0.05) is 0 Å². The number of nitrogens with zero attached hydrogens (tertiary/aromatic N) is 3. The minimum absolute atomic E-state index is 0.0625. The molecule has 3 N–H and O–H groups in total. The maximum Gasteiger partial charge on any atom is 0.385 e. The van der Waals surface area contributed by atoms with Crippen LogP contribution in [0.15, 0.2) is 0 Å². The topological polar surface area (TPSA) is 114 Å². The van der Waals surface area contributed by atoms with E-state index in [4.69, 9.17) is 15.4 Å². The lowest BCUT2D eigenvalue weighted by Gasteiger charge is -2.05. The summed E-state index contributed by atoms with van der Waals surface area (Å²) in [5.41, 5.74) is 4.49. The van der Waals surface area contributed by atoms with Crippen molar-refractivity contribution in [2.24, 2.45) is 5.50 Å². The molecule has 48 valence electrons. The van der Waals surface area contributed by atoms with E-state index in [2.05, 4.69) is 5.50 Å². The Balaban J connectivity index is 4.43. The standard InChI is InChI=1S/C2H3N4O2P/c3-1-6(2-4)9(5,7)8/h(H3,5,7,8). The van der Waals surface area contributed by atoms with E-state index < -0.39 is 7.67 Å². The summed E-state index contributed by atoms with van der Waals surface area (Å²) in [6.07, 6.45) is 2.25. The number of nitriles is 2. The Labute approximate surface area is 51.3 Å². The second-order valence-electron chi connectivity index (χ2n) is 1.10. The SMILES string of the molecule is N#CN(C#N)P(N)(=O)O. The molecule has 0 aliphatic carbocycles. The maximum absolute atomic E-state index is 10.2. The number of hydrogen-bond acceptors (Lipinski definition) is 3. The van der Waals surface area contributed by atoms with Crippen LogP contribution in [0.3, 0.4) is 0 Å². The highest BCUT2D eigenvalue weighted by Gasteiger charge is 2.20. The highest BCUT2D eigenvalue weighted by Crippen LogP contribution is 2.33. The summed E-state index contributed by atoms with van der Waals surface area (Å²) in [6, 6.07) is 0. The van der Waals surface area contributed by atoms with Gasteiger partial charge in [-0.3, -0.25) is 0 Å². The largest absolute Gasteiger partial charge is 0.385 e. The van der Waals surface area contributed by atoms with Gasteiger partial charge in [-0.15, -0.1) is 4.67 Å². The zero-order valence-electron chi connectivity index (χ0n) is 4.22. The first kappa shape index (κ1) is 7.93. The zero-order valence-corrected chi connectivity index (χ0v) is 5.12. The van der Waals surface area contributed by atoms with Crippen molar-refractivity contribution in [2.75, 3.05) is 0 Å². The molecule has 0 heterocycles. The zero-order chi connectivity index (χ0) is 7.49. The van der Waals surface area contributed by atoms with Gasteiger partial charge in [0.15, 0.2) is 0 Å². The molecular formula is C2H3N4O2P. The molecule has 0 saturated heterocycles. The molecule has 0 saturated carbocycles. The lowest BCUT2D eigenvalue weighted by Crippen LogP contribution is -2.12. The molecule has 1 atom stereocenters. The first-order chi connectivity index (χ1) is 4.02. The number of nitrogens with two attached hydrogens (primary N) is 1. The van der Waals surface area contributed by atoms with E-state index in [1.165, 1.54) is 0 Å². The summed E-state index contributed by atoms with van der Waals surface area (Å²) in [6.45, 7) is 0. The van der Waals surface area contributed by atoms with Gasteiger partial charge in [0.1, 0.15) is 0 Å². The molecule has 0 aliphatic heterocycles. The Morgan fingerprint density at radius 1 is 1.56 bits per heavy atom. The van der Waals surface area contributed by atoms with Crippen LogP contribution in [0, 0.1) is 22.9 Å². The molecule has 7 heteroatoms. The van der Waals surface area contributed by atoms with Crippen LogP contribution < -0.4 is 5.50 Å². The summed E-state index contributed by atoms with van der Waals surface area (Å²) in [7, 11) is -4.16. The Bertz CT molecular complexity index is 204. The lowest BCUT2D eigenvalue weighted by molar-refractivity contribution is 0.442. The fourth-order valence-corrected chi connectivity index (χ4v) is 0.407. The van der Waals surface area contributed by atoms with Crippen molar-refractivity contribution in [2.45, 2.75) is 0 Å². The van der Waals surface area contributed by atoms with E-state index in [0.29, 0.717) is 0 Å². The molecule has 6 nitrogen and oxygen atoms in total. The van der Waals surface area contributed by atoms with Crippen LogP contribution in [0.4, 0.5) is 0 Å². The fraction of sp³-hybridized carbons (Fsp3) is 0. The van der Waals surface area contributed by atoms with Crippen molar-refractivity contribution in [3.63, 3.8) is 0 Å². The molecule has 0 fully saturated rings. The third kappa shape index (κ3) is 2.11. The van der Waals surface area contributed by atoms with E-state index in [0.717, 1.165) is 12.4 Å². The van der Waals surface area contributed by atoms with Crippen molar-refractivity contribution in [1.82, 2.24) is 4.67 Å². The molecular weight excluding hydrogens is 143 g/mol. The first-order valence-corrected chi connectivity index (χ1v) is 3.42. The normalized spacial score (nSPS) is 14.7. The van der Waals surface area contributed by atoms with Gasteiger partial charge >= 0.3 is 7.67 Å². The van der Waals surface area contributed by atoms with Crippen LogP contribution in [0.25, 0.3) is 0 Å². The molecule has 0 aromatic rings. The molecule has 0 radical (unpaired) electrons. The lowest BCUT2D eigenvalue weighted by atomic mass is 11.2. The number of hydrogen-bond donors (Lipinski definition) is 2. The van der Waals surface area contributed by atoms with Gasteiger partial charge in [0.25, 0.3) is 0 Å². The summed E-state index contributed by atoms with van der Waals surface area (Å²) < 4.78 is 10.1. The van der Waals surface area contributed by atoms with Gasteiger partial charge < -0.3 is 4.89 Å². The summed E-state index contributed by atoms with van der Waals surface area (Å²) in [4.78, 5) is 8.29. The molecule has 0 rings (SSSR count). The Morgan fingerprint density at radius 3 is 1.89 bits per heavy atom. The molecule has 0 aromatic heterocycles. The van der Waals surface area contributed by atoms with Crippen LogP contribution >= 0.6 is 7.67 Å². The molecule has 0 amide bonds. The minimum Gasteiger partial charge on any atom is -0.317 e. The predicted octanol–water partition coefficient (Wildman–Crippen LogP) is -0.690. The van der Waals surface area contributed by atoms with Gasteiger partial charge in [0.2, 0.25) is 12.4 Å². The predicted molar refractivity (Wildman–Crippen MR) is 27.1 cm³/mol. The summed E-state index contributed by atoms with van der Waals surface area (Å²) in [5, 5.41) is 15.8. The Morgan fingerprint density at radius 2 is 1.89 bits per heavy atom. The third-order valence-electron chi connectivity index (χ3n) is 0.476. The molecule has 9 heavy (non-hydrogen) atoms. The van der Waals surface area contributed by atoms with Gasteiger partial charge in [-0.25, -0.2) is 10.1 Å². The van der Waals surface area contributed by atoms with E-state index in [9.17, 15) is 4.57 Å². The maximum atomic E-state index is 10.2. The molecule has 0 aromatic carbocycles. The Kier molecular flexibility index (Phi) is 2.18. The van der Waals surface area contributed by atoms with Crippen LogP contribution in [-0.2, 0) is 4.57 Å². The number of rotatable bonds is 1. The quantitative estimate of drug-likeness (QED) is 0.287. The third-order valence-corrected chi connectivity index (χ3v) is 1.23. The molecule has 0 bridgehead atoms. The van der Waals surface area contributed by atoms with Crippen LogP contribution in [0.5, 0.6) is 0 Å². The minimum atomic E-state index is -4.16. The average Bonchev–Trinajstić information content (AvgIpc) is 1.65. The molecule has 0 spiro atoms. The van der Waals surface area contributed by atoms with Gasteiger partial charge in [-0.1, -0.05) is 0 Å². The van der Waals surface area contributed by atoms with Crippen molar-refractivity contribution >= 4 is 7.67 Å². The Hall–Kier alpha value is -1.07. The summed E-state index contributed by atoms with van der Waals surface area (Å²) in [5.74, 6) is 0. The van der Waals surface area contributed by atoms with Crippen molar-refractivity contribution in [3.05, 3.63) is 0 Å². The van der Waals surface area contributed by atoms with E-state index in [1.54, 1.807) is 0 Å². The average molecular weight is 146 g/mol. The molecule has 0 aliphatic rings. The van der Waals surface area contributed by atoms with Crippen LogP contribution in [0.1, 0.15) is 0 Å². The highest BCUT2D eigenvalue weighted by molar-refractivity contribution is 7.53. The van der Waals surface area contributed by atoms with Gasteiger partial charge in [-0.2, -0.15) is 10.5 Å². The van der Waals surface area contributed by atoms with E-state index in [1.807, 2.05) is 0 Å². The first-order valence-electron chi connectivity index (χ1n) is 1.74. The van der Waals surface area contributed by atoms with Crippen molar-refractivity contribution in [3.8, 4) is 12.4 Å². The van der Waals surface area contributed by atoms with Crippen LogP contribution in [0.2, 0.25) is 0 Å². The van der Waals surface area contributed by atoms with E-state index >= 15 is 0 Å². The van der Waals surface area contributed by atoms with E-state index in [-0.39, 0.29) is 4.67 Å². The second-order valence-corrected chi connectivity index (χ2v) is 2.68. The smallest absolute Gasteiger partial charge is 0.317 e. The van der Waals surface area contributed by atoms with Gasteiger partial charge in [0.05, 0.1) is 0 Å². The highest BCUT2D eigenvalue weighted by atomic mass is 31.2. The monoisotopic (exact) mass is 146 g/mol. The second kappa shape index (κ2) is 2.47. The van der Waals surface area contributed by atoms with Gasteiger partial charge in [-0.05, 0) is 0 Å². The summed E-state index contributed by atoms with van der Waals surface area (Å²) >= 11 is 0. The fourth-order valence-electron chi connectivity index (χ4n) is 0.151. The van der Waals surface area contributed by atoms with Crippen molar-refractivity contribution < 1.29 is 9.46 Å². The molecule has 1 unspecified atom stereocenters.